The van der Waals surface area contributed by atoms with Crippen LogP contribution >= 0.6 is 0 Å². The number of alkyl carbamates (subject to hydrolysis) is 1. The van der Waals surface area contributed by atoms with Crippen LogP contribution in [0.15, 0.2) is 40.4 Å². The molecule has 1 aromatic carbocycles. The second-order valence-corrected chi connectivity index (χ2v) is 6.39. The van der Waals surface area contributed by atoms with Crippen molar-refractivity contribution in [2.75, 3.05) is 13.2 Å². The van der Waals surface area contributed by atoms with Gasteiger partial charge in [-0.3, -0.25) is 9.79 Å². The number of hydrazone groups is 1. The molecule has 1 atom stereocenters. The molecule has 0 heterocycles. The zero-order valence-electron chi connectivity index (χ0n) is 16.5. The van der Waals surface area contributed by atoms with E-state index in [0.717, 1.165) is 37.7 Å². The maximum atomic E-state index is 12.0. The minimum atomic E-state index is -0.786. The van der Waals surface area contributed by atoms with Crippen molar-refractivity contribution in [1.29, 1.82) is 0 Å². The van der Waals surface area contributed by atoms with Crippen LogP contribution in [0.3, 0.4) is 0 Å². The highest BCUT2D eigenvalue weighted by atomic mass is 16.5. The third-order valence-electron chi connectivity index (χ3n) is 4.03. The fourth-order valence-electron chi connectivity index (χ4n) is 2.52. The second-order valence-electron chi connectivity index (χ2n) is 6.39. The Morgan fingerprint density at radius 2 is 1.96 bits per heavy atom. The number of hydrogen-bond acceptors (Lipinski definition) is 6. The first-order valence-electron chi connectivity index (χ1n) is 9.60. The average Bonchev–Trinajstić information content (AvgIpc) is 2.68. The lowest BCUT2D eigenvalue weighted by Gasteiger charge is -2.16. The summed E-state index contributed by atoms with van der Waals surface area (Å²) in [5, 5.41) is 6.23. The van der Waals surface area contributed by atoms with E-state index in [1.54, 1.807) is 0 Å². The summed E-state index contributed by atoms with van der Waals surface area (Å²) in [6.07, 6.45) is 5.41. The van der Waals surface area contributed by atoms with E-state index < -0.39 is 18.0 Å². The number of nitrogens with one attached hydrogen (secondary N) is 1. The van der Waals surface area contributed by atoms with Gasteiger partial charge >= 0.3 is 6.09 Å². The van der Waals surface area contributed by atoms with E-state index in [1.165, 1.54) is 6.21 Å². The molecule has 8 heteroatoms. The minimum absolute atomic E-state index is 0.147. The largest absolute Gasteiger partial charge is 0.450 e. The molecule has 1 unspecified atom stereocenters. The molecule has 28 heavy (non-hydrogen) atoms. The van der Waals surface area contributed by atoms with E-state index in [0.29, 0.717) is 13.2 Å². The number of rotatable bonds is 13. The van der Waals surface area contributed by atoms with Crippen LogP contribution in [0.5, 0.6) is 0 Å². The van der Waals surface area contributed by atoms with Crippen molar-refractivity contribution in [3.8, 4) is 0 Å². The van der Waals surface area contributed by atoms with E-state index in [1.807, 2.05) is 30.3 Å². The molecule has 0 radical (unpaired) electrons. The molecule has 2 amide bonds. The van der Waals surface area contributed by atoms with Crippen molar-refractivity contribution in [2.24, 2.45) is 21.7 Å². The normalized spacial score (nSPS) is 12.7. The summed E-state index contributed by atoms with van der Waals surface area (Å²) in [5.74, 6) is 4.84. The highest BCUT2D eigenvalue weighted by molar-refractivity contribution is 6.33. The Morgan fingerprint density at radius 1 is 1.21 bits per heavy atom. The van der Waals surface area contributed by atoms with Crippen molar-refractivity contribution < 1.29 is 14.3 Å². The van der Waals surface area contributed by atoms with Crippen molar-refractivity contribution in [1.82, 2.24) is 5.32 Å². The Bertz CT molecular complexity index is 647. The number of primary amides is 1. The molecule has 0 saturated carbocycles. The molecule has 8 nitrogen and oxygen atoms in total. The summed E-state index contributed by atoms with van der Waals surface area (Å²) in [7, 11) is 0. The van der Waals surface area contributed by atoms with E-state index in [2.05, 4.69) is 22.3 Å². The first-order chi connectivity index (χ1) is 13.6. The van der Waals surface area contributed by atoms with Gasteiger partial charge in [-0.25, -0.2) is 4.79 Å². The van der Waals surface area contributed by atoms with Crippen LogP contribution in [0, 0.1) is 0 Å². The predicted molar refractivity (Wildman–Crippen MR) is 111 cm³/mol. The highest BCUT2D eigenvalue weighted by Crippen LogP contribution is 2.01. The minimum Gasteiger partial charge on any atom is -0.450 e. The van der Waals surface area contributed by atoms with Gasteiger partial charge in [0.15, 0.2) is 0 Å². The molecule has 0 saturated heterocycles. The van der Waals surface area contributed by atoms with Gasteiger partial charge in [0.25, 0.3) is 0 Å². The van der Waals surface area contributed by atoms with Gasteiger partial charge in [-0.2, -0.15) is 5.10 Å². The number of ether oxygens (including phenoxy) is 1. The van der Waals surface area contributed by atoms with Crippen LogP contribution in [0.25, 0.3) is 0 Å². The lowest BCUT2D eigenvalue weighted by atomic mass is 10.1. The molecular weight excluding hydrogens is 358 g/mol. The Labute approximate surface area is 166 Å². The Hall–Kier alpha value is -2.90. The second kappa shape index (κ2) is 14.2. The Morgan fingerprint density at radius 3 is 2.61 bits per heavy atom. The number of benzene rings is 1. The summed E-state index contributed by atoms with van der Waals surface area (Å²) in [5.41, 5.74) is 6.69. The number of nitrogens with zero attached hydrogens (tertiary/aromatic N) is 2. The SMILES string of the molecule is CCCCCCOC(=O)NC(CC(N)=O)C(C=NCCc1ccccc1)=NN. The molecule has 1 rings (SSSR count). The molecule has 1 aromatic rings. The van der Waals surface area contributed by atoms with Crippen molar-refractivity contribution in [3.63, 3.8) is 0 Å². The van der Waals surface area contributed by atoms with Gasteiger partial charge in [0.2, 0.25) is 5.91 Å². The summed E-state index contributed by atoms with van der Waals surface area (Å²) in [4.78, 5) is 27.6. The van der Waals surface area contributed by atoms with Crippen molar-refractivity contribution in [2.45, 2.75) is 51.5 Å². The van der Waals surface area contributed by atoms with Gasteiger partial charge in [0.1, 0.15) is 5.71 Å². The number of hydrogen-bond donors (Lipinski definition) is 3. The van der Waals surface area contributed by atoms with E-state index in [9.17, 15) is 9.59 Å². The van der Waals surface area contributed by atoms with Crippen LogP contribution in [-0.2, 0) is 16.0 Å². The van der Waals surface area contributed by atoms with E-state index in [-0.39, 0.29) is 12.1 Å². The number of nitrogens with two attached hydrogens (primary N) is 2. The number of amides is 2. The zero-order chi connectivity index (χ0) is 20.6. The monoisotopic (exact) mass is 389 g/mol. The maximum Gasteiger partial charge on any atom is 0.407 e. The molecular formula is C20H31N5O3. The van der Waals surface area contributed by atoms with Gasteiger partial charge in [0, 0.05) is 12.8 Å². The van der Waals surface area contributed by atoms with Crippen LogP contribution in [0.2, 0.25) is 0 Å². The summed E-state index contributed by atoms with van der Waals surface area (Å²) in [6.45, 7) is 2.95. The van der Waals surface area contributed by atoms with Gasteiger partial charge in [-0.1, -0.05) is 56.5 Å². The molecule has 5 N–H and O–H groups in total. The first-order valence-corrected chi connectivity index (χ1v) is 9.60. The third kappa shape index (κ3) is 10.3. The molecule has 154 valence electrons. The molecule has 0 aliphatic carbocycles. The number of aliphatic imine (C=N–C) groups is 1. The number of carbonyl (C=O) groups is 2. The highest BCUT2D eigenvalue weighted by Gasteiger charge is 2.20. The number of unbranched alkanes of at least 4 members (excludes halogenated alkanes) is 3. The smallest absolute Gasteiger partial charge is 0.407 e. The van der Waals surface area contributed by atoms with Crippen molar-refractivity contribution >= 4 is 23.9 Å². The first kappa shape index (κ1) is 23.1. The molecule has 0 aromatic heterocycles. The van der Waals surface area contributed by atoms with Crippen LogP contribution in [0.4, 0.5) is 4.79 Å². The summed E-state index contributed by atoms with van der Waals surface area (Å²) in [6, 6.07) is 9.13. The Balaban J connectivity index is 2.55. The quantitative estimate of drug-likeness (QED) is 0.206. The fourth-order valence-corrected chi connectivity index (χ4v) is 2.52. The summed E-state index contributed by atoms with van der Waals surface area (Å²) >= 11 is 0. The topological polar surface area (TPSA) is 132 Å². The molecule has 0 spiro atoms. The lowest BCUT2D eigenvalue weighted by Crippen LogP contribution is -2.44. The van der Waals surface area contributed by atoms with Gasteiger partial charge < -0.3 is 21.6 Å². The standard InChI is InChI=1S/C20H31N5O3/c1-2-3-4-8-13-28-20(27)24-17(14-19(21)26)18(25-22)15-23-12-11-16-9-6-5-7-10-16/h5-7,9-10,15,17H,2-4,8,11-14,22H2,1H3,(H2,21,26)(H,24,27). The molecule has 0 bridgehead atoms. The lowest BCUT2D eigenvalue weighted by molar-refractivity contribution is -0.118. The van der Waals surface area contributed by atoms with Gasteiger partial charge in [-0.15, -0.1) is 0 Å². The maximum absolute atomic E-state index is 12.0. The summed E-state index contributed by atoms with van der Waals surface area (Å²) < 4.78 is 5.14. The Kier molecular flexibility index (Phi) is 11.7. The third-order valence-corrected chi connectivity index (χ3v) is 4.03. The average molecular weight is 390 g/mol. The van der Waals surface area contributed by atoms with Crippen LogP contribution in [-0.4, -0.2) is 43.1 Å². The predicted octanol–water partition coefficient (Wildman–Crippen LogP) is 2.17. The molecule has 0 aliphatic heterocycles. The van der Waals surface area contributed by atoms with Gasteiger partial charge in [0.05, 0.1) is 19.1 Å². The zero-order valence-corrected chi connectivity index (χ0v) is 16.5. The van der Waals surface area contributed by atoms with Crippen molar-refractivity contribution in [3.05, 3.63) is 35.9 Å². The van der Waals surface area contributed by atoms with Crippen LogP contribution in [0.1, 0.15) is 44.6 Å². The van der Waals surface area contributed by atoms with E-state index in [4.69, 9.17) is 16.3 Å². The number of carbonyl (C=O) groups excluding carboxylic acids is 2. The molecule has 0 fully saturated rings. The van der Waals surface area contributed by atoms with E-state index >= 15 is 0 Å². The van der Waals surface area contributed by atoms with Gasteiger partial charge in [-0.05, 0) is 18.4 Å². The fraction of sp³-hybridized carbons (Fsp3) is 0.500. The van der Waals surface area contributed by atoms with Crippen LogP contribution < -0.4 is 16.9 Å². The molecule has 0 aliphatic rings.